The first-order valence-corrected chi connectivity index (χ1v) is 7.95. The zero-order chi connectivity index (χ0) is 15.6. The molecule has 0 aromatic heterocycles. The first kappa shape index (κ1) is 14.9. The SMILES string of the molecule is COC1=NC(C)(C2CCCCC2)C(=O)N1Nc1ccccc1. The van der Waals surface area contributed by atoms with Crippen molar-refractivity contribution in [3.63, 3.8) is 0 Å². The molecule has 0 spiro atoms. The lowest BCUT2D eigenvalue weighted by Crippen LogP contribution is -2.48. The molecule has 2 aliphatic rings. The van der Waals surface area contributed by atoms with Crippen LogP contribution in [-0.4, -0.2) is 29.6 Å². The summed E-state index contributed by atoms with van der Waals surface area (Å²) < 4.78 is 5.35. The Balaban J connectivity index is 1.83. The van der Waals surface area contributed by atoms with E-state index in [0.717, 1.165) is 18.5 Å². The molecule has 1 heterocycles. The normalized spacial score (nSPS) is 26.0. The van der Waals surface area contributed by atoms with E-state index in [1.165, 1.54) is 24.3 Å². The molecule has 118 valence electrons. The zero-order valence-electron chi connectivity index (χ0n) is 13.2. The van der Waals surface area contributed by atoms with Crippen LogP contribution in [0, 0.1) is 5.92 Å². The Morgan fingerprint density at radius 3 is 2.55 bits per heavy atom. The molecule has 22 heavy (non-hydrogen) atoms. The van der Waals surface area contributed by atoms with Gasteiger partial charge >= 0.3 is 6.02 Å². The summed E-state index contributed by atoms with van der Waals surface area (Å²) in [6.07, 6.45) is 5.73. The van der Waals surface area contributed by atoms with E-state index in [4.69, 9.17) is 4.74 Å². The third kappa shape index (κ3) is 2.56. The molecular formula is C17H23N3O2. The molecule has 0 saturated heterocycles. The summed E-state index contributed by atoms with van der Waals surface area (Å²) in [5, 5.41) is 1.45. The number of rotatable bonds is 3. The second kappa shape index (κ2) is 5.99. The van der Waals surface area contributed by atoms with Gasteiger partial charge in [0.1, 0.15) is 5.54 Å². The second-order valence-electron chi connectivity index (χ2n) is 6.20. The van der Waals surface area contributed by atoms with Crippen molar-refractivity contribution in [3.05, 3.63) is 30.3 Å². The van der Waals surface area contributed by atoms with Gasteiger partial charge in [0.05, 0.1) is 12.8 Å². The average Bonchev–Trinajstić information content (AvgIpc) is 2.82. The molecule has 1 aliphatic carbocycles. The Hall–Kier alpha value is -2.04. The van der Waals surface area contributed by atoms with E-state index in [-0.39, 0.29) is 5.91 Å². The number of carbonyl (C=O) groups is 1. The maximum atomic E-state index is 13.0. The minimum Gasteiger partial charge on any atom is -0.467 e. The van der Waals surface area contributed by atoms with Gasteiger partial charge in [0.2, 0.25) is 0 Å². The molecule has 0 radical (unpaired) electrons. The van der Waals surface area contributed by atoms with Crippen molar-refractivity contribution in [2.45, 2.75) is 44.6 Å². The predicted octanol–water partition coefficient (Wildman–Crippen LogP) is 3.20. The van der Waals surface area contributed by atoms with E-state index in [2.05, 4.69) is 10.4 Å². The van der Waals surface area contributed by atoms with Crippen molar-refractivity contribution in [2.75, 3.05) is 12.5 Å². The Morgan fingerprint density at radius 2 is 1.91 bits per heavy atom. The Kier molecular flexibility index (Phi) is 4.05. The number of nitrogens with zero attached hydrogens (tertiary/aromatic N) is 2. The van der Waals surface area contributed by atoms with Gasteiger partial charge in [-0.2, -0.15) is 5.01 Å². The van der Waals surface area contributed by atoms with Gasteiger partial charge in [0.15, 0.2) is 0 Å². The summed E-state index contributed by atoms with van der Waals surface area (Å²) in [5.74, 6) is 0.265. The van der Waals surface area contributed by atoms with Crippen molar-refractivity contribution < 1.29 is 9.53 Å². The standard InChI is InChI=1S/C17H23N3O2/c1-17(13-9-5-3-6-10-13)15(21)20(16(18-17)22-2)19-14-11-7-4-8-12-14/h4,7-8,11-13,19H,3,5-6,9-10H2,1-2H3. The van der Waals surface area contributed by atoms with Crippen LogP contribution in [0.15, 0.2) is 35.3 Å². The van der Waals surface area contributed by atoms with Gasteiger partial charge in [-0.3, -0.25) is 10.2 Å². The van der Waals surface area contributed by atoms with E-state index < -0.39 is 5.54 Å². The first-order chi connectivity index (χ1) is 10.6. The Bertz CT molecular complexity index is 567. The van der Waals surface area contributed by atoms with Crippen LogP contribution in [0.3, 0.4) is 0 Å². The highest BCUT2D eigenvalue weighted by molar-refractivity contribution is 6.06. The number of para-hydroxylation sites is 1. The number of benzene rings is 1. The average molecular weight is 301 g/mol. The molecule has 1 aromatic rings. The molecule has 1 N–H and O–H groups in total. The molecule has 1 fully saturated rings. The zero-order valence-corrected chi connectivity index (χ0v) is 13.2. The van der Waals surface area contributed by atoms with Crippen LogP contribution < -0.4 is 5.43 Å². The number of anilines is 1. The number of methoxy groups -OCH3 is 1. The molecular weight excluding hydrogens is 278 g/mol. The van der Waals surface area contributed by atoms with Crippen LogP contribution >= 0.6 is 0 Å². The lowest BCUT2D eigenvalue weighted by atomic mass is 9.76. The fraction of sp³-hybridized carbons (Fsp3) is 0.529. The Morgan fingerprint density at radius 1 is 1.23 bits per heavy atom. The lowest BCUT2D eigenvalue weighted by Gasteiger charge is -2.33. The molecule has 1 atom stereocenters. The van der Waals surface area contributed by atoms with Crippen LogP contribution in [-0.2, 0) is 9.53 Å². The molecule has 5 heteroatoms. The van der Waals surface area contributed by atoms with Gasteiger partial charge in [-0.15, -0.1) is 0 Å². The number of ether oxygens (including phenoxy) is 1. The molecule has 3 rings (SSSR count). The highest BCUT2D eigenvalue weighted by Crippen LogP contribution is 2.39. The maximum absolute atomic E-state index is 13.0. The highest BCUT2D eigenvalue weighted by atomic mass is 16.5. The molecule has 1 aliphatic heterocycles. The van der Waals surface area contributed by atoms with Crippen LogP contribution in [0.2, 0.25) is 0 Å². The van der Waals surface area contributed by atoms with E-state index >= 15 is 0 Å². The number of nitrogens with one attached hydrogen (secondary N) is 1. The second-order valence-corrected chi connectivity index (χ2v) is 6.20. The summed E-state index contributed by atoms with van der Waals surface area (Å²) in [6.45, 7) is 1.94. The van der Waals surface area contributed by atoms with Gasteiger partial charge in [-0.25, -0.2) is 4.99 Å². The molecule has 1 unspecified atom stereocenters. The van der Waals surface area contributed by atoms with Crippen molar-refractivity contribution in [1.82, 2.24) is 5.01 Å². The minimum absolute atomic E-state index is 0.0277. The maximum Gasteiger partial charge on any atom is 0.314 e. The molecule has 0 bridgehead atoms. The third-order valence-corrected chi connectivity index (χ3v) is 4.75. The van der Waals surface area contributed by atoms with E-state index in [0.29, 0.717) is 11.9 Å². The number of carbonyl (C=O) groups excluding carboxylic acids is 1. The van der Waals surface area contributed by atoms with Gasteiger partial charge in [0, 0.05) is 0 Å². The fourth-order valence-electron chi connectivity index (χ4n) is 3.42. The number of hydrogen-bond donors (Lipinski definition) is 1. The van der Waals surface area contributed by atoms with Crippen LogP contribution in [0.5, 0.6) is 0 Å². The summed E-state index contributed by atoms with van der Waals surface area (Å²) >= 11 is 0. The summed E-state index contributed by atoms with van der Waals surface area (Å²) in [6, 6.07) is 9.96. The van der Waals surface area contributed by atoms with Gasteiger partial charge in [-0.1, -0.05) is 37.5 Å². The number of hydrogen-bond acceptors (Lipinski definition) is 4. The summed E-state index contributed by atoms with van der Waals surface area (Å²) in [4.78, 5) is 17.6. The van der Waals surface area contributed by atoms with Crippen LogP contribution in [0.4, 0.5) is 5.69 Å². The topological polar surface area (TPSA) is 53.9 Å². The van der Waals surface area contributed by atoms with Crippen molar-refractivity contribution in [2.24, 2.45) is 10.9 Å². The van der Waals surface area contributed by atoms with Gasteiger partial charge < -0.3 is 4.74 Å². The molecule has 1 amide bonds. The third-order valence-electron chi connectivity index (χ3n) is 4.75. The van der Waals surface area contributed by atoms with Crippen molar-refractivity contribution >= 4 is 17.6 Å². The van der Waals surface area contributed by atoms with E-state index in [1.54, 1.807) is 7.11 Å². The first-order valence-electron chi connectivity index (χ1n) is 7.95. The summed E-state index contributed by atoms with van der Waals surface area (Å²) in [5.41, 5.74) is 3.24. The largest absolute Gasteiger partial charge is 0.467 e. The highest BCUT2D eigenvalue weighted by Gasteiger charge is 2.51. The van der Waals surface area contributed by atoms with Crippen LogP contribution in [0.1, 0.15) is 39.0 Å². The number of aliphatic imine (C=N–C) groups is 1. The van der Waals surface area contributed by atoms with Crippen molar-refractivity contribution in [1.29, 1.82) is 0 Å². The smallest absolute Gasteiger partial charge is 0.314 e. The number of hydrazine groups is 1. The van der Waals surface area contributed by atoms with Crippen LogP contribution in [0.25, 0.3) is 0 Å². The Labute approximate surface area is 131 Å². The lowest BCUT2D eigenvalue weighted by molar-refractivity contribution is -0.132. The van der Waals surface area contributed by atoms with E-state index in [9.17, 15) is 4.79 Å². The minimum atomic E-state index is -0.715. The molecule has 1 saturated carbocycles. The van der Waals surface area contributed by atoms with Gasteiger partial charge in [-0.05, 0) is 37.8 Å². The van der Waals surface area contributed by atoms with Crippen molar-refractivity contribution in [3.8, 4) is 0 Å². The van der Waals surface area contributed by atoms with E-state index in [1.807, 2.05) is 37.3 Å². The molecule has 1 aromatic carbocycles. The fourth-order valence-corrected chi connectivity index (χ4v) is 3.42. The molecule has 5 nitrogen and oxygen atoms in total. The number of amidine groups is 1. The number of amides is 1. The monoisotopic (exact) mass is 301 g/mol. The summed E-state index contributed by atoms with van der Waals surface area (Å²) in [7, 11) is 1.55. The van der Waals surface area contributed by atoms with Gasteiger partial charge in [0.25, 0.3) is 5.91 Å². The predicted molar refractivity (Wildman–Crippen MR) is 86.3 cm³/mol. The quantitative estimate of drug-likeness (QED) is 0.932.